The normalized spacial score (nSPS) is 11.3. The third-order valence-corrected chi connectivity index (χ3v) is 9.15. The predicted octanol–water partition coefficient (Wildman–Crippen LogP) is 5.67. The summed E-state index contributed by atoms with van der Waals surface area (Å²) >= 11 is 0. The highest BCUT2D eigenvalue weighted by atomic mass is 32.2. The van der Waals surface area contributed by atoms with E-state index in [1.54, 1.807) is 41.5 Å². The van der Waals surface area contributed by atoms with Gasteiger partial charge in [-0.25, -0.2) is 27.1 Å². The number of carbonyl (C=O) groups is 2. The Labute approximate surface area is 257 Å². The Balaban J connectivity index is 1.82. The van der Waals surface area contributed by atoms with Crippen molar-refractivity contribution in [3.8, 4) is 23.0 Å². The summed E-state index contributed by atoms with van der Waals surface area (Å²) in [5, 5.41) is 9.70. The first-order chi connectivity index (χ1) is 20.6. The molecule has 44 heavy (non-hydrogen) atoms. The van der Waals surface area contributed by atoms with Gasteiger partial charge in [-0.3, -0.25) is 0 Å². The summed E-state index contributed by atoms with van der Waals surface area (Å²) in [5.41, 5.74) is 3.47. The van der Waals surface area contributed by atoms with Gasteiger partial charge in [-0.15, -0.1) is 0 Å². The minimum atomic E-state index is -3.82. The molecule has 3 aromatic rings. The summed E-state index contributed by atoms with van der Waals surface area (Å²) in [4.78, 5) is 25.5. The van der Waals surface area contributed by atoms with Crippen LogP contribution in [0.15, 0.2) is 23.1 Å². The first kappa shape index (κ1) is 34.3. The number of carboxylic acids is 1. The van der Waals surface area contributed by atoms with Crippen molar-refractivity contribution >= 4 is 22.0 Å². The minimum absolute atomic E-state index is 0.00241. The van der Waals surface area contributed by atoms with Gasteiger partial charge in [0.2, 0.25) is 10.0 Å². The molecule has 0 spiro atoms. The molecular weight excluding hydrogens is 593 g/mol. The van der Waals surface area contributed by atoms with Crippen molar-refractivity contribution in [2.45, 2.75) is 59.8 Å². The van der Waals surface area contributed by atoms with E-state index < -0.39 is 27.8 Å². The number of ether oxygens (including phenoxy) is 4. The summed E-state index contributed by atoms with van der Waals surface area (Å²) in [6.07, 6.45) is 0.329. The smallest absolute Gasteiger partial charge is 0.347 e. The van der Waals surface area contributed by atoms with Crippen molar-refractivity contribution in [1.29, 1.82) is 0 Å². The van der Waals surface area contributed by atoms with E-state index in [2.05, 4.69) is 4.72 Å². The number of nitrogens with one attached hydrogen (secondary N) is 1. The predicted molar refractivity (Wildman–Crippen MR) is 163 cm³/mol. The lowest BCUT2D eigenvalue weighted by Gasteiger charge is -2.22. The van der Waals surface area contributed by atoms with Gasteiger partial charge in [-0.1, -0.05) is 0 Å². The molecule has 0 aliphatic rings. The molecule has 3 rings (SSSR count). The number of carboxylic acid groups (broad SMARTS) is 1. The fourth-order valence-corrected chi connectivity index (χ4v) is 6.21. The molecule has 0 saturated carbocycles. The van der Waals surface area contributed by atoms with E-state index in [1.165, 1.54) is 33.3 Å². The topological polar surface area (TPSA) is 137 Å². The second-order valence-electron chi connectivity index (χ2n) is 10.4. The van der Waals surface area contributed by atoms with Crippen LogP contribution in [-0.4, -0.2) is 52.8 Å². The molecular formula is C32H38FNO9S. The number of aryl methyl sites for hydroxylation is 1. The highest BCUT2D eigenvalue weighted by Crippen LogP contribution is 2.41. The summed E-state index contributed by atoms with van der Waals surface area (Å²) < 4.78 is 64.1. The van der Waals surface area contributed by atoms with Crippen LogP contribution in [0.1, 0.15) is 66.1 Å². The van der Waals surface area contributed by atoms with Crippen LogP contribution in [0.3, 0.4) is 0 Å². The van der Waals surface area contributed by atoms with Crippen molar-refractivity contribution in [3.63, 3.8) is 0 Å². The summed E-state index contributed by atoms with van der Waals surface area (Å²) in [7, 11) is -1.04. The van der Waals surface area contributed by atoms with E-state index in [4.69, 9.17) is 18.9 Å². The highest BCUT2D eigenvalue weighted by Gasteiger charge is 2.29. The van der Waals surface area contributed by atoms with Crippen molar-refractivity contribution in [2.75, 3.05) is 27.4 Å². The van der Waals surface area contributed by atoms with Crippen molar-refractivity contribution in [1.82, 2.24) is 4.72 Å². The number of carbonyl (C=O) groups excluding carboxylic acids is 1. The second kappa shape index (κ2) is 13.6. The molecule has 2 N–H and O–H groups in total. The van der Waals surface area contributed by atoms with Crippen LogP contribution in [0.5, 0.6) is 23.0 Å². The standard InChI is InChI=1S/C32H38FNO9S/c1-16-15-23(11-12-24(16)33)44(38,39)34-13-10-14-42-27-19(4)18(3)26(30(41-9)21(27)6)32(37)43-28-20(5)17(2)25(31(35)36)29(40-8)22(28)7/h11-12,15,34H,10,13-14H2,1-9H3,(H,35,36). The maximum absolute atomic E-state index is 13.6. The number of methoxy groups -OCH3 is 2. The molecule has 238 valence electrons. The Morgan fingerprint density at radius 1 is 0.795 bits per heavy atom. The molecule has 0 aliphatic carbocycles. The number of aromatic carboxylic acids is 1. The van der Waals surface area contributed by atoms with Gasteiger partial charge in [-0.2, -0.15) is 0 Å². The first-order valence-corrected chi connectivity index (χ1v) is 15.3. The average Bonchev–Trinajstić information content (AvgIpc) is 2.96. The molecule has 0 unspecified atom stereocenters. The van der Waals surface area contributed by atoms with Crippen LogP contribution in [0.4, 0.5) is 4.39 Å². The Morgan fingerprint density at radius 3 is 1.91 bits per heavy atom. The SMILES string of the molecule is COc1c(C)c(OC(=O)c2c(C)c(C)c(OCCCNS(=O)(=O)c3ccc(F)c(C)c3)c(C)c2OC)c(C)c(C)c1C(=O)O. The molecule has 10 nitrogen and oxygen atoms in total. The number of benzene rings is 3. The van der Waals surface area contributed by atoms with Crippen LogP contribution in [-0.2, 0) is 10.0 Å². The third kappa shape index (κ3) is 6.66. The van der Waals surface area contributed by atoms with E-state index in [0.717, 1.165) is 6.07 Å². The highest BCUT2D eigenvalue weighted by molar-refractivity contribution is 7.89. The largest absolute Gasteiger partial charge is 0.495 e. The molecule has 12 heteroatoms. The van der Waals surface area contributed by atoms with Crippen LogP contribution < -0.4 is 23.7 Å². The zero-order valence-corrected chi connectivity index (χ0v) is 27.2. The van der Waals surface area contributed by atoms with Crippen LogP contribution in [0, 0.1) is 54.3 Å². The monoisotopic (exact) mass is 631 g/mol. The zero-order valence-electron chi connectivity index (χ0n) is 26.4. The Morgan fingerprint density at radius 2 is 1.34 bits per heavy atom. The second-order valence-corrected chi connectivity index (χ2v) is 12.2. The lowest BCUT2D eigenvalue weighted by atomic mass is 9.96. The molecule has 0 atom stereocenters. The molecule has 0 aliphatic heterocycles. The summed E-state index contributed by atoms with van der Waals surface area (Å²) in [6.45, 7) is 11.9. The molecule has 3 aromatic carbocycles. The van der Waals surface area contributed by atoms with E-state index in [1.807, 2.05) is 0 Å². The van der Waals surface area contributed by atoms with Gasteiger partial charge in [0.15, 0.2) is 0 Å². The van der Waals surface area contributed by atoms with Crippen molar-refractivity contribution < 1.29 is 46.5 Å². The van der Waals surface area contributed by atoms with Crippen LogP contribution in [0.2, 0.25) is 0 Å². The molecule has 0 heterocycles. The van der Waals surface area contributed by atoms with Crippen LogP contribution >= 0.6 is 0 Å². The summed E-state index contributed by atoms with van der Waals surface area (Å²) in [5.74, 6) is -1.28. The third-order valence-electron chi connectivity index (χ3n) is 7.69. The molecule has 0 fully saturated rings. The number of sulfonamides is 1. The van der Waals surface area contributed by atoms with Gasteiger partial charge < -0.3 is 24.1 Å². The Hall–Kier alpha value is -4.16. The molecule has 0 bridgehead atoms. The molecule has 0 aromatic heterocycles. The number of halogens is 1. The van der Waals surface area contributed by atoms with Gasteiger partial charge >= 0.3 is 11.9 Å². The van der Waals surface area contributed by atoms with Crippen molar-refractivity contribution in [2.24, 2.45) is 0 Å². The quantitative estimate of drug-likeness (QED) is 0.147. The van der Waals surface area contributed by atoms with Gasteiger partial charge in [-0.05, 0) is 101 Å². The van der Waals surface area contributed by atoms with Gasteiger partial charge in [0, 0.05) is 17.7 Å². The van der Waals surface area contributed by atoms with Gasteiger partial charge in [0.05, 0.1) is 25.7 Å². The number of hydrogen-bond acceptors (Lipinski definition) is 8. The average molecular weight is 632 g/mol. The van der Waals surface area contributed by atoms with E-state index in [9.17, 15) is 27.5 Å². The maximum Gasteiger partial charge on any atom is 0.347 e. The number of hydrogen-bond donors (Lipinski definition) is 2. The Bertz CT molecular complexity index is 1730. The lowest BCUT2D eigenvalue weighted by molar-refractivity contribution is 0.0692. The van der Waals surface area contributed by atoms with E-state index in [-0.39, 0.29) is 52.0 Å². The fourth-order valence-electron chi connectivity index (χ4n) is 5.05. The molecule has 0 amide bonds. The van der Waals surface area contributed by atoms with Crippen LogP contribution in [0.25, 0.3) is 0 Å². The Kier molecular flexibility index (Phi) is 10.6. The lowest BCUT2D eigenvalue weighted by Crippen LogP contribution is -2.26. The molecule has 0 radical (unpaired) electrons. The van der Waals surface area contributed by atoms with E-state index >= 15 is 0 Å². The molecule has 0 saturated heterocycles. The minimum Gasteiger partial charge on any atom is -0.495 e. The van der Waals surface area contributed by atoms with Crippen molar-refractivity contribution in [3.05, 3.63) is 74.1 Å². The number of rotatable bonds is 12. The van der Waals surface area contributed by atoms with Gasteiger partial charge in [0.25, 0.3) is 0 Å². The summed E-state index contributed by atoms with van der Waals surface area (Å²) in [6, 6.07) is 3.59. The zero-order chi connectivity index (χ0) is 33.1. The van der Waals surface area contributed by atoms with E-state index in [0.29, 0.717) is 45.6 Å². The maximum atomic E-state index is 13.6. The first-order valence-electron chi connectivity index (χ1n) is 13.8. The number of esters is 1. The fraction of sp³-hybridized carbons (Fsp3) is 0.375. The van der Waals surface area contributed by atoms with Gasteiger partial charge in [0.1, 0.15) is 39.9 Å².